The molecular formula is C13H15BrCl2. The predicted molar refractivity (Wildman–Crippen MR) is 74.4 cm³/mol. The summed E-state index contributed by atoms with van der Waals surface area (Å²) in [6.45, 7) is 2.25. The minimum Gasteiger partial charge on any atom is -0.123 e. The second-order valence-corrected chi connectivity index (χ2v) is 6.54. The molecule has 3 heteroatoms. The van der Waals surface area contributed by atoms with Gasteiger partial charge in [0.05, 0.1) is 0 Å². The largest absolute Gasteiger partial charge is 0.123 e. The fourth-order valence-electron chi connectivity index (χ4n) is 2.45. The second kappa shape index (κ2) is 5.29. The highest BCUT2D eigenvalue weighted by molar-refractivity contribution is 9.10. The average molecular weight is 322 g/mol. The molecule has 1 fully saturated rings. The van der Waals surface area contributed by atoms with Gasteiger partial charge in [0, 0.05) is 14.9 Å². The molecule has 0 N–H and O–H groups in total. The molecule has 0 radical (unpaired) electrons. The third kappa shape index (κ3) is 2.75. The van der Waals surface area contributed by atoms with Crippen LogP contribution in [0.15, 0.2) is 22.7 Å². The van der Waals surface area contributed by atoms with Crippen LogP contribution < -0.4 is 0 Å². The molecule has 2 rings (SSSR count). The Hall–Kier alpha value is 0.280. The SMILES string of the molecule is CC1C(Cl)CCC1Cc1ccc(Br)cc1Cl. The van der Waals surface area contributed by atoms with Crippen LogP contribution in [0, 0.1) is 11.8 Å². The molecule has 1 aromatic carbocycles. The number of rotatable bonds is 2. The zero-order chi connectivity index (χ0) is 11.7. The van der Waals surface area contributed by atoms with Crippen LogP contribution in [-0.4, -0.2) is 5.38 Å². The van der Waals surface area contributed by atoms with E-state index in [4.69, 9.17) is 23.2 Å². The van der Waals surface area contributed by atoms with Gasteiger partial charge in [-0.05, 0) is 48.8 Å². The maximum absolute atomic E-state index is 6.25. The van der Waals surface area contributed by atoms with Crippen molar-refractivity contribution in [3.63, 3.8) is 0 Å². The van der Waals surface area contributed by atoms with E-state index in [-0.39, 0.29) is 0 Å². The molecule has 0 aliphatic heterocycles. The Labute approximate surface area is 115 Å². The van der Waals surface area contributed by atoms with Gasteiger partial charge in [0.2, 0.25) is 0 Å². The van der Waals surface area contributed by atoms with Crippen molar-refractivity contribution in [2.24, 2.45) is 11.8 Å². The van der Waals surface area contributed by atoms with Crippen molar-refractivity contribution < 1.29 is 0 Å². The highest BCUT2D eigenvalue weighted by Gasteiger charge is 2.31. The Bertz CT molecular complexity index is 378. The molecule has 0 bridgehead atoms. The number of benzene rings is 1. The first-order valence-electron chi connectivity index (χ1n) is 5.66. The quantitative estimate of drug-likeness (QED) is 0.648. The summed E-state index contributed by atoms with van der Waals surface area (Å²) in [4.78, 5) is 0. The summed E-state index contributed by atoms with van der Waals surface area (Å²) in [6.07, 6.45) is 3.42. The van der Waals surface area contributed by atoms with Gasteiger partial charge in [-0.15, -0.1) is 11.6 Å². The van der Waals surface area contributed by atoms with E-state index in [1.54, 1.807) is 0 Å². The van der Waals surface area contributed by atoms with E-state index in [1.807, 2.05) is 6.07 Å². The van der Waals surface area contributed by atoms with Crippen molar-refractivity contribution >= 4 is 39.1 Å². The van der Waals surface area contributed by atoms with Crippen molar-refractivity contribution in [3.05, 3.63) is 33.3 Å². The van der Waals surface area contributed by atoms with E-state index >= 15 is 0 Å². The van der Waals surface area contributed by atoms with Crippen molar-refractivity contribution in [1.82, 2.24) is 0 Å². The van der Waals surface area contributed by atoms with Crippen LogP contribution in [0.1, 0.15) is 25.3 Å². The minimum absolute atomic E-state index is 0.347. The van der Waals surface area contributed by atoms with E-state index < -0.39 is 0 Å². The fourth-order valence-corrected chi connectivity index (χ4v) is 3.53. The van der Waals surface area contributed by atoms with Crippen LogP contribution in [0.25, 0.3) is 0 Å². The standard InChI is InChI=1S/C13H15BrCl2/c1-8-9(3-5-12(8)15)6-10-2-4-11(14)7-13(10)16/h2,4,7-9,12H,3,5-6H2,1H3. The molecule has 1 aromatic rings. The summed E-state index contributed by atoms with van der Waals surface area (Å²) in [5.74, 6) is 1.28. The fraction of sp³-hybridized carbons (Fsp3) is 0.538. The van der Waals surface area contributed by atoms with Gasteiger partial charge in [-0.2, -0.15) is 0 Å². The topological polar surface area (TPSA) is 0 Å². The van der Waals surface area contributed by atoms with Crippen LogP contribution in [0.3, 0.4) is 0 Å². The maximum atomic E-state index is 6.25. The van der Waals surface area contributed by atoms with Gasteiger partial charge >= 0.3 is 0 Å². The lowest BCUT2D eigenvalue weighted by Gasteiger charge is -2.17. The lowest BCUT2D eigenvalue weighted by molar-refractivity contribution is 0.420. The van der Waals surface area contributed by atoms with Gasteiger partial charge in [-0.3, -0.25) is 0 Å². The first-order valence-corrected chi connectivity index (χ1v) is 7.26. The first-order chi connectivity index (χ1) is 7.58. The second-order valence-electron chi connectivity index (χ2n) is 4.65. The normalized spacial score (nSPS) is 29.6. The average Bonchev–Trinajstić information content (AvgIpc) is 2.54. The van der Waals surface area contributed by atoms with Gasteiger partial charge in [0.1, 0.15) is 0 Å². The zero-order valence-electron chi connectivity index (χ0n) is 9.22. The summed E-state index contributed by atoms with van der Waals surface area (Å²) in [6, 6.07) is 6.13. The third-order valence-corrected chi connectivity index (χ3v) is 5.09. The molecule has 0 aromatic heterocycles. The molecule has 88 valence electrons. The smallest absolute Gasteiger partial charge is 0.0449 e. The molecule has 3 atom stereocenters. The Balaban J connectivity index is 2.09. The number of hydrogen-bond acceptors (Lipinski definition) is 0. The molecule has 0 saturated heterocycles. The number of alkyl halides is 1. The van der Waals surface area contributed by atoms with Gasteiger partial charge in [0.15, 0.2) is 0 Å². The van der Waals surface area contributed by atoms with Gasteiger partial charge in [-0.25, -0.2) is 0 Å². The summed E-state index contributed by atoms with van der Waals surface area (Å²) >= 11 is 15.9. The summed E-state index contributed by atoms with van der Waals surface area (Å²) in [7, 11) is 0. The van der Waals surface area contributed by atoms with Crippen molar-refractivity contribution in [2.45, 2.75) is 31.6 Å². The molecule has 0 spiro atoms. The highest BCUT2D eigenvalue weighted by atomic mass is 79.9. The maximum Gasteiger partial charge on any atom is 0.0449 e. The van der Waals surface area contributed by atoms with Crippen LogP contribution in [0.5, 0.6) is 0 Å². The molecular weight excluding hydrogens is 307 g/mol. The van der Waals surface area contributed by atoms with Crippen LogP contribution >= 0.6 is 39.1 Å². The molecule has 16 heavy (non-hydrogen) atoms. The van der Waals surface area contributed by atoms with Gasteiger partial charge in [-0.1, -0.05) is 40.5 Å². The van der Waals surface area contributed by atoms with Crippen molar-refractivity contribution in [3.8, 4) is 0 Å². The molecule has 3 unspecified atom stereocenters. The van der Waals surface area contributed by atoms with E-state index in [2.05, 4.69) is 35.0 Å². The lowest BCUT2D eigenvalue weighted by Crippen LogP contribution is -2.13. The van der Waals surface area contributed by atoms with Crippen molar-refractivity contribution in [1.29, 1.82) is 0 Å². The van der Waals surface area contributed by atoms with E-state index in [0.29, 0.717) is 17.2 Å². The minimum atomic E-state index is 0.347. The number of hydrogen-bond donors (Lipinski definition) is 0. The number of halogens is 3. The third-order valence-electron chi connectivity index (χ3n) is 3.62. The lowest BCUT2D eigenvalue weighted by atomic mass is 9.91. The Morgan fingerprint density at radius 2 is 2.12 bits per heavy atom. The molecule has 0 heterocycles. The summed E-state index contributed by atoms with van der Waals surface area (Å²) in [5, 5.41) is 1.21. The summed E-state index contributed by atoms with van der Waals surface area (Å²) < 4.78 is 1.04. The molecule has 1 aliphatic rings. The van der Waals surface area contributed by atoms with Crippen molar-refractivity contribution in [2.75, 3.05) is 0 Å². The highest BCUT2D eigenvalue weighted by Crippen LogP contribution is 2.38. The Morgan fingerprint density at radius 1 is 1.38 bits per heavy atom. The van der Waals surface area contributed by atoms with Gasteiger partial charge in [0.25, 0.3) is 0 Å². The molecule has 1 saturated carbocycles. The van der Waals surface area contributed by atoms with E-state index in [9.17, 15) is 0 Å². The molecule has 1 aliphatic carbocycles. The van der Waals surface area contributed by atoms with Crippen LogP contribution in [0.4, 0.5) is 0 Å². The molecule has 0 nitrogen and oxygen atoms in total. The zero-order valence-corrected chi connectivity index (χ0v) is 12.3. The Morgan fingerprint density at radius 3 is 2.69 bits per heavy atom. The van der Waals surface area contributed by atoms with Crippen LogP contribution in [0.2, 0.25) is 5.02 Å². The Kier molecular flexibility index (Phi) is 4.21. The van der Waals surface area contributed by atoms with E-state index in [0.717, 1.165) is 22.3 Å². The van der Waals surface area contributed by atoms with Gasteiger partial charge < -0.3 is 0 Å². The predicted octanol–water partition coefficient (Wildman–Crippen LogP) is 5.30. The monoisotopic (exact) mass is 320 g/mol. The van der Waals surface area contributed by atoms with E-state index in [1.165, 1.54) is 12.0 Å². The first kappa shape index (κ1) is 12.7. The summed E-state index contributed by atoms with van der Waals surface area (Å²) in [5.41, 5.74) is 1.24. The molecule has 0 amide bonds. The van der Waals surface area contributed by atoms with Crippen LogP contribution in [-0.2, 0) is 6.42 Å².